The molecule has 1 aromatic heterocycles. The fraction of sp³-hybridized carbons (Fsp3) is 0.250. The Bertz CT molecular complexity index is 983. The lowest BCUT2D eigenvalue weighted by Crippen LogP contribution is -2.40. The molecule has 0 aliphatic carbocycles. The van der Waals surface area contributed by atoms with Gasteiger partial charge in [0.25, 0.3) is 11.6 Å². The molecule has 0 saturated carbocycles. The first-order valence-electron chi connectivity index (χ1n) is 8.38. The van der Waals surface area contributed by atoms with Gasteiger partial charge >= 0.3 is 0 Å². The van der Waals surface area contributed by atoms with E-state index >= 15 is 0 Å². The molecule has 0 unspecified atom stereocenters. The molecule has 0 radical (unpaired) electrons. The second-order valence-electron chi connectivity index (χ2n) is 7.35. The summed E-state index contributed by atoms with van der Waals surface area (Å²) in [6, 6.07) is 14.2. The van der Waals surface area contributed by atoms with Crippen molar-refractivity contribution in [1.82, 2.24) is 9.88 Å². The van der Waals surface area contributed by atoms with E-state index in [2.05, 4.69) is 5.32 Å². The van der Waals surface area contributed by atoms with E-state index in [-0.39, 0.29) is 17.1 Å². The van der Waals surface area contributed by atoms with Crippen molar-refractivity contribution in [3.05, 3.63) is 76.0 Å². The van der Waals surface area contributed by atoms with Gasteiger partial charge in [-0.05, 0) is 50.6 Å². The first-order valence-corrected chi connectivity index (χ1v) is 8.38. The number of hydrogen-bond donors (Lipinski definition) is 1. The summed E-state index contributed by atoms with van der Waals surface area (Å²) in [6.45, 7) is 6.41. The van der Waals surface area contributed by atoms with Gasteiger partial charge in [0.2, 0.25) is 0 Å². The smallest absolute Gasteiger partial charge is 0.270 e. The molecule has 0 aliphatic rings. The predicted octanol–water partition coefficient (Wildman–Crippen LogP) is 4.13. The second-order valence-corrected chi connectivity index (χ2v) is 7.35. The average Bonchev–Trinajstić information content (AvgIpc) is 2.96. The summed E-state index contributed by atoms with van der Waals surface area (Å²) in [5.74, 6) is -0.104. The summed E-state index contributed by atoms with van der Waals surface area (Å²) >= 11 is 0. The SMILES string of the molecule is CC(C)(C)NC(=O)c1cccc(Cn2ccc3cc([N+](=O)[O-])ccc32)c1. The highest BCUT2D eigenvalue weighted by Gasteiger charge is 2.15. The van der Waals surface area contributed by atoms with Crippen molar-refractivity contribution < 1.29 is 9.72 Å². The highest BCUT2D eigenvalue weighted by molar-refractivity contribution is 5.94. The Kier molecular flexibility index (Phi) is 4.50. The first kappa shape index (κ1) is 17.7. The van der Waals surface area contributed by atoms with Gasteiger partial charge in [0.1, 0.15) is 0 Å². The Morgan fingerprint density at radius 1 is 1.15 bits per heavy atom. The van der Waals surface area contributed by atoms with Crippen LogP contribution < -0.4 is 5.32 Å². The summed E-state index contributed by atoms with van der Waals surface area (Å²) < 4.78 is 2.01. The molecular formula is C20H21N3O3. The molecule has 6 nitrogen and oxygen atoms in total. The molecule has 26 heavy (non-hydrogen) atoms. The van der Waals surface area contributed by atoms with Crippen molar-refractivity contribution in [1.29, 1.82) is 0 Å². The maximum absolute atomic E-state index is 12.3. The average molecular weight is 351 g/mol. The van der Waals surface area contributed by atoms with Crippen LogP contribution in [0.2, 0.25) is 0 Å². The predicted molar refractivity (Wildman–Crippen MR) is 101 cm³/mol. The number of nitrogens with one attached hydrogen (secondary N) is 1. The Balaban J connectivity index is 1.85. The van der Waals surface area contributed by atoms with Crippen LogP contribution in [0.4, 0.5) is 5.69 Å². The standard InChI is InChI=1S/C20H21N3O3/c1-20(2,3)21-19(24)16-6-4-5-14(11-16)13-22-10-9-15-12-17(23(25)26)7-8-18(15)22/h4-12H,13H2,1-3H3,(H,21,24). The van der Waals surface area contributed by atoms with Crippen molar-refractivity contribution in [3.8, 4) is 0 Å². The minimum atomic E-state index is -0.395. The number of benzene rings is 2. The van der Waals surface area contributed by atoms with Crippen LogP contribution in [-0.2, 0) is 6.54 Å². The summed E-state index contributed by atoms with van der Waals surface area (Å²) in [5, 5.41) is 14.7. The van der Waals surface area contributed by atoms with Gasteiger partial charge in [0, 0.05) is 46.9 Å². The fourth-order valence-electron chi connectivity index (χ4n) is 2.86. The van der Waals surface area contributed by atoms with E-state index in [0.717, 1.165) is 16.5 Å². The lowest BCUT2D eigenvalue weighted by atomic mass is 10.1. The number of carbonyl (C=O) groups excluding carboxylic acids is 1. The van der Waals surface area contributed by atoms with Crippen molar-refractivity contribution in [2.24, 2.45) is 0 Å². The number of aromatic nitrogens is 1. The number of nitro benzene ring substituents is 1. The fourth-order valence-corrected chi connectivity index (χ4v) is 2.86. The van der Waals surface area contributed by atoms with Crippen LogP contribution in [0.5, 0.6) is 0 Å². The molecule has 3 rings (SSSR count). The molecule has 2 aromatic carbocycles. The maximum atomic E-state index is 12.3. The van der Waals surface area contributed by atoms with Gasteiger partial charge in [0.15, 0.2) is 0 Å². The number of nitrogens with zero attached hydrogens (tertiary/aromatic N) is 2. The Labute approximate surface area is 151 Å². The molecule has 1 amide bonds. The minimum absolute atomic E-state index is 0.0797. The van der Waals surface area contributed by atoms with Gasteiger partial charge in [-0.15, -0.1) is 0 Å². The normalized spacial score (nSPS) is 11.5. The molecule has 3 aromatic rings. The highest BCUT2D eigenvalue weighted by Crippen LogP contribution is 2.23. The number of non-ortho nitro benzene ring substituents is 1. The van der Waals surface area contributed by atoms with Gasteiger partial charge < -0.3 is 9.88 Å². The van der Waals surface area contributed by atoms with Crippen LogP contribution in [0.3, 0.4) is 0 Å². The zero-order chi connectivity index (χ0) is 18.9. The van der Waals surface area contributed by atoms with Crippen molar-refractivity contribution in [3.63, 3.8) is 0 Å². The van der Waals surface area contributed by atoms with Crippen LogP contribution in [0.15, 0.2) is 54.7 Å². The van der Waals surface area contributed by atoms with Gasteiger partial charge in [-0.2, -0.15) is 0 Å². The summed E-state index contributed by atoms with van der Waals surface area (Å²) in [6.07, 6.45) is 1.90. The molecule has 0 fully saturated rings. The molecule has 6 heteroatoms. The van der Waals surface area contributed by atoms with Crippen LogP contribution >= 0.6 is 0 Å². The van der Waals surface area contributed by atoms with Crippen molar-refractivity contribution >= 4 is 22.5 Å². The third-order valence-corrected chi connectivity index (χ3v) is 4.00. The van der Waals surface area contributed by atoms with E-state index in [1.54, 1.807) is 18.2 Å². The maximum Gasteiger partial charge on any atom is 0.270 e. The third kappa shape index (κ3) is 3.91. The van der Waals surface area contributed by atoms with Crippen LogP contribution in [-0.4, -0.2) is 20.9 Å². The van der Waals surface area contributed by atoms with E-state index < -0.39 is 4.92 Å². The lowest BCUT2D eigenvalue weighted by Gasteiger charge is -2.20. The van der Waals surface area contributed by atoms with E-state index in [9.17, 15) is 14.9 Å². The van der Waals surface area contributed by atoms with Crippen molar-refractivity contribution in [2.75, 3.05) is 0 Å². The largest absolute Gasteiger partial charge is 0.347 e. The minimum Gasteiger partial charge on any atom is -0.347 e. The third-order valence-electron chi connectivity index (χ3n) is 4.00. The van der Waals surface area contributed by atoms with Gasteiger partial charge in [0.05, 0.1) is 4.92 Å². The first-order chi connectivity index (χ1) is 12.2. The second kappa shape index (κ2) is 6.63. The Hall–Kier alpha value is -3.15. The zero-order valence-corrected chi connectivity index (χ0v) is 15.0. The summed E-state index contributed by atoms with van der Waals surface area (Å²) in [4.78, 5) is 22.9. The number of amides is 1. The lowest BCUT2D eigenvalue weighted by molar-refractivity contribution is -0.384. The molecule has 1 N–H and O–H groups in total. The van der Waals surface area contributed by atoms with E-state index in [4.69, 9.17) is 0 Å². The molecule has 0 aliphatic heterocycles. The molecule has 1 heterocycles. The molecule has 0 saturated heterocycles. The quantitative estimate of drug-likeness (QED) is 0.567. The van der Waals surface area contributed by atoms with E-state index in [0.29, 0.717) is 12.1 Å². The van der Waals surface area contributed by atoms with E-state index in [1.807, 2.05) is 55.8 Å². The summed E-state index contributed by atoms with van der Waals surface area (Å²) in [7, 11) is 0. The van der Waals surface area contributed by atoms with Gasteiger partial charge in [-0.3, -0.25) is 14.9 Å². The monoisotopic (exact) mass is 351 g/mol. The Morgan fingerprint density at radius 3 is 2.62 bits per heavy atom. The van der Waals surface area contributed by atoms with Crippen molar-refractivity contribution in [2.45, 2.75) is 32.9 Å². The number of fused-ring (bicyclic) bond motifs is 1. The number of carbonyl (C=O) groups is 1. The summed E-state index contributed by atoms with van der Waals surface area (Å²) in [5.41, 5.74) is 2.31. The van der Waals surface area contributed by atoms with Crippen LogP contribution in [0, 0.1) is 10.1 Å². The van der Waals surface area contributed by atoms with Gasteiger partial charge in [-0.1, -0.05) is 12.1 Å². The highest BCUT2D eigenvalue weighted by atomic mass is 16.6. The van der Waals surface area contributed by atoms with Crippen LogP contribution in [0.25, 0.3) is 10.9 Å². The van der Waals surface area contributed by atoms with Crippen LogP contribution in [0.1, 0.15) is 36.7 Å². The number of hydrogen-bond acceptors (Lipinski definition) is 3. The Morgan fingerprint density at radius 2 is 1.92 bits per heavy atom. The van der Waals surface area contributed by atoms with Gasteiger partial charge in [-0.25, -0.2) is 0 Å². The molecular weight excluding hydrogens is 330 g/mol. The zero-order valence-electron chi connectivity index (χ0n) is 15.0. The molecule has 134 valence electrons. The number of rotatable bonds is 4. The molecule has 0 atom stereocenters. The molecule has 0 spiro atoms. The number of nitro groups is 1. The molecule has 0 bridgehead atoms. The van der Waals surface area contributed by atoms with E-state index in [1.165, 1.54) is 6.07 Å². The topological polar surface area (TPSA) is 77.2 Å².